The highest BCUT2D eigenvalue weighted by atomic mass is 16.5. The van der Waals surface area contributed by atoms with Crippen molar-refractivity contribution >= 4 is 11.9 Å². The molecular formula is C49H98O6. The van der Waals surface area contributed by atoms with Crippen LogP contribution in [-0.4, -0.2) is 48.1 Å². The summed E-state index contributed by atoms with van der Waals surface area (Å²) in [5.41, 5.74) is 0. The summed E-state index contributed by atoms with van der Waals surface area (Å²) in [5.74, 6) is -0.254. The molecule has 55 heavy (non-hydrogen) atoms. The van der Waals surface area contributed by atoms with Crippen LogP contribution in [-0.2, 0) is 19.1 Å². The molecule has 0 aliphatic rings. The van der Waals surface area contributed by atoms with Gasteiger partial charge in [-0.1, -0.05) is 245 Å². The first-order chi connectivity index (χ1) is 27.0. The Hall–Kier alpha value is -1.14. The van der Waals surface area contributed by atoms with Gasteiger partial charge in [-0.3, -0.25) is 9.59 Å². The molecule has 6 nitrogen and oxygen atoms in total. The number of aliphatic hydroxyl groups is 2. The van der Waals surface area contributed by atoms with Gasteiger partial charge in [-0.2, -0.15) is 0 Å². The molecule has 0 spiro atoms. The zero-order valence-corrected chi connectivity index (χ0v) is 37.5. The quantitative estimate of drug-likeness (QED) is 0.0472. The van der Waals surface area contributed by atoms with Crippen LogP contribution < -0.4 is 0 Å². The molecule has 0 bridgehead atoms. The molecule has 0 aliphatic heterocycles. The third-order valence-electron chi connectivity index (χ3n) is 10.9. The first kappa shape index (κ1) is 56.0. The molecule has 0 amide bonds. The topological polar surface area (TPSA) is 93.1 Å². The second-order valence-electron chi connectivity index (χ2n) is 16.6. The number of hydrogen-bond acceptors (Lipinski definition) is 6. The van der Waals surface area contributed by atoms with E-state index in [-0.39, 0.29) is 25.2 Å². The van der Waals surface area contributed by atoms with Gasteiger partial charge in [0.05, 0.1) is 13.2 Å². The molecule has 0 aromatic carbocycles. The maximum absolute atomic E-state index is 11.8. The largest absolute Gasteiger partial charge is 0.466 e. The Labute approximate surface area is 343 Å². The van der Waals surface area contributed by atoms with Crippen LogP contribution in [0.4, 0.5) is 0 Å². The van der Waals surface area contributed by atoms with Crippen molar-refractivity contribution in [2.24, 2.45) is 0 Å². The Balaban J connectivity index is 0. The summed E-state index contributed by atoms with van der Waals surface area (Å²) in [6.07, 6.45) is 50.3. The normalized spacial score (nSPS) is 11.7. The third kappa shape index (κ3) is 52.9. The molecule has 0 radical (unpaired) electrons. The molecule has 330 valence electrons. The van der Waals surface area contributed by atoms with Crippen molar-refractivity contribution in [1.82, 2.24) is 0 Å². The van der Waals surface area contributed by atoms with E-state index in [0.29, 0.717) is 19.4 Å². The minimum absolute atomic E-state index is 0.0222. The molecule has 1 unspecified atom stereocenters. The van der Waals surface area contributed by atoms with Crippen molar-refractivity contribution < 1.29 is 29.3 Å². The van der Waals surface area contributed by atoms with Crippen molar-refractivity contribution in [3.8, 4) is 0 Å². The van der Waals surface area contributed by atoms with Crippen molar-refractivity contribution in [3.05, 3.63) is 0 Å². The Kier molecular flexibility index (Phi) is 51.8. The summed E-state index contributed by atoms with van der Waals surface area (Å²) >= 11 is 0. The van der Waals surface area contributed by atoms with Crippen molar-refractivity contribution in [2.45, 2.75) is 284 Å². The van der Waals surface area contributed by atoms with Gasteiger partial charge in [-0.05, 0) is 19.3 Å². The van der Waals surface area contributed by atoms with E-state index in [1.54, 1.807) is 0 Å². The molecule has 0 aromatic rings. The van der Waals surface area contributed by atoms with Crippen LogP contribution >= 0.6 is 0 Å². The van der Waals surface area contributed by atoms with Crippen molar-refractivity contribution in [3.63, 3.8) is 0 Å². The zero-order chi connectivity index (χ0) is 40.6. The van der Waals surface area contributed by atoms with Crippen LogP contribution in [0, 0.1) is 0 Å². The standard InChI is InChI=1S/C28H56O2.C21H42O4/c1-3-5-7-9-11-13-15-17-19-21-23-25-27-30-28(29)26-24-22-20-18-16-14-12-10-8-6-4-2;1-2-3-4-5-6-7-8-9-10-11-12-13-14-15-16-17-21(24)25-19-20(23)18-22/h3-27H2,1-2H3;20,22-23H,2-19H2,1H3. The number of hydrogen-bond donors (Lipinski definition) is 2. The van der Waals surface area contributed by atoms with Gasteiger partial charge in [-0.25, -0.2) is 0 Å². The Morgan fingerprint density at radius 2 is 0.600 bits per heavy atom. The number of carbonyl (C=O) groups excluding carboxylic acids is 2. The average molecular weight is 783 g/mol. The van der Waals surface area contributed by atoms with E-state index in [1.165, 1.54) is 218 Å². The lowest BCUT2D eigenvalue weighted by atomic mass is 10.0. The minimum Gasteiger partial charge on any atom is -0.466 e. The van der Waals surface area contributed by atoms with Gasteiger partial charge >= 0.3 is 11.9 Å². The minimum atomic E-state index is -0.954. The fourth-order valence-electron chi connectivity index (χ4n) is 7.09. The summed E-state index contributed by atoms with van der Waals surface area (Å²) < 4.78 is 10.3. The molecule has 6 heteroatoms. The van der Waals surface area contributed by atoms with E-state index in [9.17, 15) is 9.59 Å². The molecule has 0 saturated carbocycles. The van der Waals surface area contributed by atoms with Crippen LogP contribution in [0.1, 0.15) is 278 Å². The van der Waals surface area contributed by atoms with Gasteiger partial charge in [-0.15, -0.1) is 0 Å². The number of rotatable bonds is 44. The molecule has 0 heterocycles. The number of carbonyl (C=O) groups is 2. The van der Waals surface area contributed by atoms with Gasteiger partial charge in [0.1, 0.15) is 12.7 Å². The highest BCUT2D eigenvalue weighted by Crippen LogP contribution is 2.16. The monoisotopic (exact) mass is 783 g/mol. The summed E-state index contributed by atoms with van der Waals surface area (Å²) in [5, 5.41) is 17.7. The van der Waals surface area contributed by atoms with E-state index in [1.807, 2.05) is 0 Å². The highest BCUT2D eigenvalue weighted by Gasteiger charge is 2.07. The van der Waals surface area contributed by atoms with Gasteiger partial charge in [0.15, 0.2) is 0 Å². The van der Waals surface area contributed by atoms with E-state index >= 15 is 0 Å². The van der Waals surface area contributed by atoms with E-state index in [0.717, 1.165) is 25.7 Å². The summed E-state index contributed by atoms with van der Waals surface area (Å²) in [6, 6.07) is 0. The Morgan fingerprint density at radius 3 is 0.873 bits per heavy atom. The van der Waals surface area contributed by atoms with Gasteiger partial charge < -0.3 is 19.7 Å². The first-order valence-corrected chi connectivity index (χ1v) is 24.6. The summed E-state index contributed by atoms with van der Waals surface area (Å²) in [4.78, 5) is 23.2. The van der Waals surface area contributed by atoms with Gasteiger partial charge in [0, 0.05) is 12.8 Å². The predicted octanol–water partition coefficient (Wildman–Crippen LogP) is 15.1. The zero-order valence-electron chi connectivity index (χ0n) is 37.5. The molecule has 0 aliphatic carbocycles. The Bertz CT molecular complexity index is 728. The average Bonchev–Trinajstić information content (AvgIpc) is 3.19. The lowest BCUT2D eigenvalue weighted by Gasteiger charge is -2.08. The summed E-state index contributed by atoms with van der Waals surface area (Å²) in [6.45, 7) is 6.98. The number of aliphatic hydroxyl groups excluding tert-OH is 2. The number of unbranched alkanes of at least 4 members (excludes halogenated alkanes) is 35. The maximum atomic E-state index is 11.8. The van der Waals surface area contributed by atoms with Gasteiger partial charge in [0.25, 0.3) is 0 Å². The lowest BCUT2D eigenvalue weighted by molar-refractivity contribution is -0.147. The number of esters is 2. The molecule has 0 rings (SSSR count). The smallest absolute Gasteiger partial charge is 0.305 e. The second-order valence-corrected chi connectivity index (χ2v) is 16.6. The predicted molar refractivity (Wildman–Crippen MR) is 237 cm³/mol. The van der Waals surface area contributed by atoms with Crippen LogP contribution in [0.25, 0.3) is 0 Å². The first-order valence-electron chi connectivity index (χ1n) is 24.6. The fourth-order valence-corrected chi connectivity index (χ4v) is 7.09. The molecule has 1 atom stereocenters. The molecule has 0 saturated heterocycles. The van der Waals surface area contributed by atoms with Gasteiger partial charge in [0.2, 0.25) is 0 Å². The molecule has 0 aromatic heterocycles. The van der Waals surface area contributed by atoms with Crippen LogP contribution in [0.2, 0.25) is 0 Å². The van der Waals surface area contributed by atoms with Crippen molar-refractivity contribution in [2.75, 3.05) is 19.8 Å². The SMILES string of the molecule is CCCCCCCCCCCCCCCCCC(=O)OCC(O)CO.CCCCCCCCCCCCCCOC(=O)CCCCCCCCCCCCC. The van der Waals surface area contributed by atoms with Crippen molar-refractivity contribution in [1.29, 1.82) is 0 Å². The van der Waals surface area contributed by atoms with E-state index < -0.39 is 6.10 Å². The molecule has 2 N–H and O–H groups in total. The lowest BCUT2D eigenvalue weighted by Crippen LogP contribution is -2.21. The maximum Gasteiger partial charge on any atom is 0.305 e. The van der Waals surface area contributed by atoms with E-state index in [4.69, 9.17) is 19.7 Å². The van der Waals surface area contributed by atoms with Crippen LogP contribution in [0.5, 0.6) is 0 Å². The summed E-state index contributed by atoms with van der Waals surface area (Å²) in [7, 11) is 0. The molecular weight excluding hydrogens is 685 g/mol. The number of ether oxygens (including phenoxy) is 2. The molecule has 0 fully saturated rings. The van der Waals surface area contributed by atoms with E-state index in [2.05, 4.69) is 20.8 Å². The highest BCUT2D eigenvalue weighted by molar-refractivity contribution is 5.69. The Morgan fingerprint density at radius 1 is 0.364 bits per heavy atom. The second kappa shape index (κ2) is 50.9. The van der Waals surface area contributed by atoms with Crippen LogP contribution in [0.3, 0.4) is 0 Å². The van der Waals surface area contributed by atoms with Crippen LogP contribution in [0.15, 0.2) is 0 Å². The third-order valence-corrected chi connectivity index (χ3v) is 10.9. The fraction of sp³-hybridized carbons (Fsp3) is 0.959.